The molecule has 1 aliphatic heterocycles. The molecule has 0 aromatic heterocycles. The summed E-state index contributed by atoms with van der Waals surface area (Å²) in [6.07, 6.45) is 2.36. The van der Waals surface area contributed by atoms with Gasteiger partial charge in [0.25, 0.3) is 0 Å². The van der Waals surface area contributed by atoms with Gasteiger partial charge in [-0.3, -0.25) is 9.69 Å². The zero-order valence-electron chi connectivity index (χ0n) is 13.8. The number of hydrogen-bond donors (Lipinski definition) is 2. The highest BCUT2D eigenvalue weighted by atomic mass is 35.5. The summed E-state index contributed by atoms with van der Waals surface area (Å²) in [7, 11) is 2.00. The fourth-order valence-electron chi connectivity index (χ4n) is 2.90. The summed E-state index contributed by atoms with van der Waals surface area (Å²) in [4.78, 5) is 14.4. The van der Waals surface area contributed by atoms with Crippen LogP contribution >= 0.6 is 12.4 Å². The third kappa shape index (κ3) is 5.59. The Morgan fingerprint density at radius 3 is 2.59 bits per heavy atom. The second-order valence-corrected chi connectivity index (χ2v) is 6.14. The highest BCUT2D eigenvalue weighted by Crippen LogP contribution is 2.18. The van der Waals surface area contributed by atoms with E-state index < -0.39 is 0 Å². The van der Waals surface area contributed by atoms with Crippen molar-refractivity contribution in [3.05, 3.63) is 29.3 Å². The number of likely N-dealkylation sites (tertiary alicyclic amines) is 1. The topological polar surface area (TPSA) is 44.4 Å². The molecule has 1 heterocycles. The summed E-state index contributed by atoms with van der Waals surface area (Å²) < 4.78 is 0. The Morgan fingerprint density at radius 1 is 1.27 bits per heavy atom. The van der Waals surface area contributed by atoms with E-state index in [4.69, 9.17) is 0 Å². The summed E-state index contributed by atoms with van der Waals surface area (Å²) in [5.41, 5.74) is 3.22. The molecule has 22 heavy (non-hydrogen) atoms. The Hall–Kier alpha value is -1.10. The molecule has 1 aliphatic rings. The SMILES string of the molecule is CNCC1CCN(CC(=O)Nc2cc(C)ccc2C)CC1.Cl. The normalized spacial score (nSPS) is 16.1. The summed E-state index contributed by atoms with van der Waals surface area (Å²) in [5.74, 6) is 0.851. The largest absolute Gasteiger partial charge is 0.325 e. The van der Waals surface area contributed by atoms with Crippen molar-refractivity contribution >= 4 is 24.0 Å². The Balaban J connectivity index is 0.00000242. The van der Waals surface area contributed by atoms with Crippen molar-refractivity contribution < 1.29 is 4.79 Å². The maximum Gasteiger partial charge on any atom is 0.238 e. The number of anilines is 1. The van der Waals surface area contributed by atoms with Crippen molar-refractivity contribution in [2.24, 2.45) is 5.92 Å². The predicted molar refractivity (Wildman–Crippen MR) is 94.9 cm³/mol. The van der Waals surface area contributed by atoms with E-state index in [1.54, 1.807) is 0 Å². The number of carbonyl (C=O) groups excluding carboxylic acids is 1. The van der Waals surface area contributed by atoms with E-state index in [9.17, 15) is 4.79 Å². The molecule has 1 saturated heterocycles. The van der Waals surface area contributed by atoms with E-state index in [2.05, 4.69) is 21.6 Å². The number of halogens is 1. The van der Waals surface area contributed by atoms with E-state index in [1.165, 1.54) is 18.4 Å². The fourth-order valence-corrected chi connectivity index (χ4v) is 2.90. The zero-order chi connectivity index (χ0) is 15.2. The van der Waals surface area contributed by atoms with Crippen molar-refractivity contribution in [1.82, 2.24) is 10.2 Å². The molecule has 0 saturated carbocycles. The quantitative estimate of drug-likeness (QED) is 0.874. The van der Waals surface area contributed by atoms with Crippen molar-refractivity contribution in [1.29, 1.82) is 0 Å². The first-order chi connectivity index (χ1) is 10.1. The van der Waals surface area contributed by atoms with Crippen LogP contribution in [0.5, 0.6) is 0 Å². The standard InChI is InChI=1S/C17H27N3O.ClH/c1-13-4-5-14(2)16(10-13)19-17(21)12-20-8-6-15(7-9-20)11-18-3;/h4-5,10,15,18H,6-9,11-12H2,1-3H3,(H,19,21);1H. The van der Waals surface area contributed by atoms with E-state index in [0.717, 1.165) is 36.8 Å². The Bertz CT molecular complexity index is 485. The molecule has 0 aliphatic carbocycles. The van der Waals surface area contributed by atoms with Crippen LogP contribution < -0.4 is 10.6 Å². The van der Waals surface area contributed by atoms with Crippen LogP contribution in [0.4, 0.5) is 5.69 Å². The van der Waals surface area contributed by atoms with Crippen molar-refractivity contribution in [2.45, 2.75) is 26.7 Å². The van der Waals surface area contributed by atoms with Gasteiger partial charge in [-0.1, -0.05) is 12.1 Å². The number of benzene rings is 1. The molecule has 124 valence electrons. The lowest BCUT2D eigenvalue weighted by molar-refractivity contribution is -0.117. The minimum Gasteiger partial charge on any atom is -0.325 e. The monoisotopic (exact) mass is 325 g/mol. The van der Waals surface area contributed by atoms with Gasteiger partial charge in [-0.25, -0.2) is 0 Å². The number of rotatable bonds is 5. The summed E-state index contributed by atoms with van der Waals surface area (Å²) in [6, 6.07) is 6.15. The first kappa shape index (κ1) is 18.9. The van der Waals surface area contributed by atoms with Gasteiger partial charge in [0.1, 0.15) is 0 Å². The van der Waals surface area contributed by atoms with Crippen LogP contribution in [0.15, 0.2) is 18.2 Å². The van der Waals surface area contributed by atoms with Crippen molar-refractivity contribution in [2.75, 3.05) is 38.5 Å². The summed E-state index contributed by atoms with van der Waals surface area (Å²) >= 11 is 0. The smallest absolute Gasteiger partial charge is 0.238 e. The van der Waals surface area contributed by atoms with Gasteiger partial charge in [0.2, 0.25) is 5.91 Å². The Morgan fingerprint density at radius 2 is 1.95 bits per heavy atom. The lowest BCUT2D eigenvalue weighted by Crippen LogP contribution is -2.40. The molecule has 1 amide bonds. The lowest BCUT2D eigenvalue weighted by atomic mass is 9.97. The number of nitrogens with one attached hydrogen (secondary N) is 2. The highest BCUT2D eigenvalue weighted by Gasteiger charge is 2.20. The molecule has 1 aromatic carbocycles. The van der Waals surface area contributed by atoms with Gasteiger partial charge >= 0.3 is 0 Å². The van der Waals surface area contributed by atoms with Gasteiger partial charge in [0.05, 0.1) is 6.54 Å². The first-order valence-corrected chi connectivity index (χ1v) is 7.82. The molecule has 5 heteroatoms. The van der Waals surface area contributed by atoms with Crippen LogP contribution in [0.3, 0.4) is 0 Å². The molecule has 2 N–H and O–H groups in total. The molecule has 0 unspecified atom stereocenters. The van der Waals surface area contributed by atoms with Crippen molar-refractivity contribution in [3.8, 4) is 0 Å². The summed E-state index contributed by atoms with van der Waals surface area (Å²) in [6.45, 7) is 7.70. The second-order valence-electron chi connectivity index (χ2n) is 6.14. The molecule has 1 fully saturated rings. The average molecular weight is 326 g/mol. The van der Waals surface area contributed by atoms with E-state index in [1.807, 2.05) is 33.0 Å². The van der Waals surface area contributed by atoms with Gasteiger partial charge in [-0.2, -0.15) is 0 Å². The number of piperidine rings is 1. The molecular weight excluding hydrogens is 298 g/mol. The molecule has 0 bridgehead atoms. The van der Waals surface area contributed by atoms with E-state index in [-0.39, 0.29) is 18.3 Å². The number of hydrogen-bond acceptors (Lipinski definition) is 3. The van der Waals surface area contributed by atoms with Gasteiger partial charge in [-0.05, 0) is 76.5 Å². The minimum atomic E-state index is 0. The van der Waals surface area contributed by atoms with Crippen LogP contribution in [-0.4, -0.2) is 44.0 Å². The molecular formula is C17H28ClN3O. The first-order valence-electron chi connectivity index (χ1n) is 7.82. The number of aryl methyl sites for hydroxylation is 2. The van der Waals surface area contributed by atoms with E-state index >= 15 is 0 Å². The maximum absolute atomic E-state index is 12.2. The third-order valence-electron chi connectivity index (χ3n) is 4.23. The van der Waals surface area contributed by atoms with E-state index in [0.29, 0.717) is 6.54 Å². The van der Waals surface area contributed by atoms with Crippen LogP contribution in [-0.2, 0) is 4.79 Å². The van der Waals surface area contributed by atoms with Gasteiger partial charge in [0.15, 0.2) is 0 Å². The zero-order valence-corrected chi connectivity index (χ0v) is 14.6. The molecule has 2 rings (SSSR count). The molecule has 1 aromatic rings. The molecule has 0 spiro atoms. The fraction of sp³-hybridized carbons (Fsp3) is 0.588. The molecule has 0 atom stereocenters. The van der Waals surface area contributed by atoms with Gasteiger partial charge in [0, 0.05) is 5.69 Å². The highest BCUT2D eigenvalue weighted by molar-refractivity contribution is 5.93. The molecule has 4 nitrogen and oxygen atoms in total. The van der Waals surface area contributed by atoms with Crippen LogP contribution in [0.2, 0.25) is 0 Å². The summed E-state index contributed by atoms with van der Waals surface area (Å²) in [5, 5.41) is 6.28. The average Bonchev–Trinajstić information content (AvgIpc) is 2.45. The van der Waals surface area contributed by atoms with Gasteiger partial charge in [-0.15, -0.1) is 12.4 Å². The Kier molecular flexibility index (Phi) is 7.87. The van der Waals surface area contributed by atoms with Gasteiger partial charge < -0.3 is 10.6 Å². The van der Waals surface area contributed by atoms with Crippen LogP contribution in [0.25, 0.3) is 0 Å². The minimum absolute atomic E-state index is 0. The van der Waals surface area contributed by atoms with Crippen LogP contribution in [0.1, 0.15) is 24.0 Å². The predicted octanol–water partition coefficient (Wildman–Crippen LogP) is 2.60. The maximum atomic E-state index is 12.2. The number of amides is 1. The van der Waals surface area contributed by atoms with Crippen LogP contribution in [0, 0.1) is 19.8 Å². The number of nitrogens with zero attached hydrogens (tertiary/aromatic N) is 1. The van der Waals surface area contributed by atoms with Crippen molar-refractivity contribution in [3.63, 3.8) is 0 Å². The molecule has 0 radical (unpaired) electrons. The third-order valence-corrected chi connectivity index (χ3v) is 4.23. The number of carbonyl (C=O) groups is 1. The second kappa shape index (κ2) is 9.13. The Labute approximate surface area is 140 Å². The lowest BCUT2D eigenvalue weighted by Gasteiger charge is -2.31.